The van der Waals surface area contributed by atoms with Crippen molar-refractivity contribution in [2.24, 2.45) is 0 Å². The molecule has 0 atom stereocenters. The van der Waals surface area contributed by atoms with Crippen LogP contribution in [0.3, 0.4) is 0 Å². The van der Waals surface area contributed by atoms with Gasteiger partial charge in [0.2, 0.25) is 20.0 Å². The Morgan fingerprint density at radius 2 is 1.45 bits per heavy atom. The standard InChI is InChI=1S/C17H18F3N3O4S2/c1-13-4-5-14(11-16(13)17(18,19)20)28(24,25)22-7-9-23(10-8-22)29(26,27)15-3-2-6-21-12-15/h2-6,11-12H,7-10H2,1H3. The van der Waals surface area contributed by atoms with E-state index in [-0.39, 0.29) is 36.6 Å². The van der Waals surface area contributed by atoms with Gasteiger partial charge < -0.3 is 0 Å². The van der Waals surface area contributed by atoms with E-state index in [1.54, 1.807) is 0 Å². The molecule has 29 heavy (non-hydrogen) atoms. The maximum absolute atomic E-state index is 13.1. The van der Waals surface area contributed by atoms with Crippen LogP contribution in [0.1, 0.15) is 11.1 Å². The average molecular weight is 449 g/mol. The summed E-state index contributed by atoms with van der Waals surface area (Å²) in [5.41, 5.74) is -1.10. The molecule has 0 radical (unpaired) electrons. The summed E-state index contributed by atoms with van der Waals surface area (Å²) in [4.78, 5) is 3.29. The summed E-state index contributed by atoms with van der Waals surface area (Å²) in [6, 6.07) is 5.71. The fourth-order valence-corrected chi connectivity index (χ4v) is 5.85. The molecule has 1 fully saturated rings. The van der Waals surface area contributed by atoms with Gasteiger partial charge in [0.1, 0.15) is 4.90 Å². The number of rotatable bonds is 4. The minimum absolute atomic E-state index is 0.00957. The van der Waals surface area contributed by atoms with E-state index in [1.807, 2.05) is 0 Å². The van der Waals surface area contributed by atoms with Crippen LogP contribution in [0.5, 0.6) is 0 Å². The molecule has 0 amide bonds. The van der Waals surface area contributed by atoms with Crippen molar-refractivity contribution < 1.29 is 30.0 Å². The number of sulfonamides is 2. The lowest BCUT2D eigenvalue weighted by Gasteiger charge is -2.33. The first-order chi connectivity index (χ1) is 13.4. The molecule has 0 saturated carbocycles. The third kappa shape index (κ3) is 4.29. The summed E-state index contributed by atoms with van der Waals surface area (Å²) in [7, 11) is -8.02. The lowest BCUT2D eigenvalue weighted by Crippen LogP contribution is -2.50. The molecule has 0 unspecified atom stereocenters. The Bertz CT molecular complexity index is 1100. The largest absolute Gasteiger partial charge is 0.416 e. The summed E-state index contributed by atoms with van der Waals surface area (Å²) >= 11 is 0. The van der Waals surface area contributed by atoms with Gasteiger partial charge in [0.25, 0.3) is 0 Å². The zero-order chi connectivity index (χ0) is 21.4. The number of pyridine rings is 1. The van der Waals surface area contributed by atoms with E-state index in [1.165, 1.54) is 31.5 Å². The maximum Gasteiger partial charge on any atom is 0.416 e. The minimum atomic E-state index is -4.67. The number of aromatic nitrogens is 1. The van der Waals surface area contributed by atoms with Crippen LogP contribution in [0.2, 0.25) is 0 Å². The third-order valence-electron chi connectivity index (χ3n) is 4.62. The van der Waals surface area contributed by atoms with Gasteiger partial charge >= 0.3 is 6.18 Å². The van der Waals surface area contributed by atoms with Crippen molar-refractivity contribution in [3.63, 3.8) is 0 Å². The van der Waals surface area contributed by atoms with E-state index in [0.717, 1.165) is 20.7 Å². The smallest absolute Gasteiger partial charge is 0.263 e. The first kappa shape index (κ1) is 21.7. The Kier molecular flexibility index (Phi) is 5.73. The average Bonchev–Trinajstić information content (AvgIpc) is 2.68. The molecule has 0 bridgehead atoms. The van der Waals surface area contributed by atoms with Crippen LogP contribution >= 0.6 is 0 Å². The number of benzene rings is 1. The molecule has 3 rings (SSSR count). The number of aryl methyl sites for hydroxylation is 1. The summed E-state index contributed by atoms with van der Waals surface area (Å²) in [5, 5.41) is 0. The molecule has 0 N–H and O–H groups in total. The first-order valence-electron chi connectivity index (χ1n) is 8.52. The highest BCUT2D eigenvalue weighted by molar-refractivity contribution is 7.89. The van der Waals surface area contributed by atoms with E-state index >= 15 is 0 Å². The molecule has 2 aromatic rings. The molecule has 1 aromatic heterocycles. The zero-order valence-corrected chi connectivity index (χ0v) is 16.9. The van der Waals surface area contributed by atoms with Crippen molar-refractivity contribution in [3.05, 3.63) is 53.9 Å². The van der Waals surface area contributed by atoms with Gasteiger partial charge in [0.05, 0.1) is 10.5 Å². The molecule has 1 aliphatic rings. The molecular formula is C17H18F3N3O4S2. The molecule has 0 aliphatic carbocycles. The van der Waals surface area contributed by atoms with Gasteiger partial charge in [-0.25, -0.2) is 16.8 Å². The highest BCUT2D eigenvalue weighted by Crippen LogP contribution is 2.34. The van der Waals surface area contributed by atoms with Crippen LogP contribution in [0.25, 0.3) is 0 Å². The summed E-state index contributed by atoms with van der Waals surface area (Å²) in [5.74, 6) is 0. The van der Waals surface area contributed by atoms with E-state index in [2.05, 4.69) is 4.98 Å². The van der Waals surface area contributed by atoms with Crippen molar-refractivity contribution in [3.8, 4) is 0 Å². The molecule has 7 nitrogen and oxygen atoms in total. The quantitative estimate of drug-likeness (QED) is 0.714. The lowest BCUT2D eigenvalue weighted by atomic mass is 10.1. The van der Waals surface area contributed by atoms with Gasteiger partial charge in [-0.15, -0.1) is 0 Å². The Labute approximate surface area is 166 Å². The number of piperazine rings is 1. The van der Waals surface area contributed by atoms with Gasteiger partial charge in [-0.2, -0.15) is 21.8 Å². The SMILES string of the molecule is Cc1ccc(S(=O)(=O)N2CCN(S(=O)(=O)c3cccnc3)CC2)cc1C(F)(F)F. The summed E-state index contributed by atoms with van der Waals surface area (Å²) < 4.78 is 92.2. The lowest BCUT2D eigenvalue weighted by molar-refractivity contribution is -0.138. The molecular weight excluding hydrogens is 431 g/mol. The van der Waals surface area contributed by atoms with Gasteiger partial charge in [0.15, 0.2) is 0 Å². The second-order valence-corrected chi connectivity index (χ2v) is 10.3. The normalized spacial score (nSPS) is 17.4. The van der Waals surface area contributed by atoms with Crippen molar-refractivity contribution >= 4 is 20.0 Å². The molecule has 1 aliphatic heterocycles. The van der Waals surface area contributed by atoms with Crippen LogP contribution in [0.15, 0.2) is 52.5 Å². The Morgan fingerprint density at radius 1 is 0.897 bits per heavy atom. The van der Waals surface area contributed by atoms with Gasteiger partial charge in [0, 0.05) is 38.6 Å². The van der Waals surface area contributed by atoms with Crippen LogP contribution < -0.4 is 0 Å². The van der Waals surface area contributed by atoms with Gasteiger partial charge in [-0.05, 0) is 36.8 Å². The fraction of sp³-hybridized carbons (Fsp3) is 0.353. The van der Waals surface area contributed by atoms with E-state index in [9.17, 15) is 30.0 Å². The zero-order valence-electron chi connectivity index (χ0n) is 15.3. The number of hydrogen-bond donors (Lipinski definition) is 0. The minimum Gasteiger partial charge on any atom is -0.263 e. The predicted octanol–water partition coefficient (Wildman–Crippen LogP) is 2.10. The topological polar surface area (TPSA) is 87.7 Å². The fourth-order valence-electron chi connectivity index (χ4n) is 3.02. The molecule has 0 spiro atoms. The maximum atomic E-state index is 13.1. The molecule has 12 heteroatoms. The van der Waals surface area contributed by atoms with E-state index in [0.29, 0.717) is 6.07 Å². The predicted molar refractivity (Wildman–Crippen MR) is 97.9 cm³/mol. The highest BCUT2D eigenvalue weighted by atomic mass is 32.2. The monoisotopic (exact) mass is 449 g/mol. The van der Waals surface area contributed by atoms with Gasteiger partial charge in [-0.1, -0.05) is 6.07 Å². The Morgan fingerprint density at radius 3 is 1.93 bits per heavy atom. The van der Waals surface area contributed by atoms with Crippen LogP contribution in [0.4, 0.5) is 13.2 Å². The molecule has 1 saturated heterocycles. The molecule has 158 valence electrons. The van der Waals surface area contributed by atoms with Crippen LogP contribution in [-0.4, -0.2) is 56.6 Å². The second kappa shape index (κ2) is 7.67. The number of alkyl halides is 3. The second-order valence-electron chi connectivity index (χ2n) is 6.47. The van der Waals surface area contributed by atoms with Crippen molar-refractivity contribution in [2.45, 2.75) is 22.9 Å². The van der Waals surface area contributed by atoms with Crippen molar-refractivity contribution in [1.82, 2.24) is 13.6 Å². The Hall–Kier alpha value is -2.02. The number of hydrogen-bond acceptors (Lipinski definition) is 5. The molecule has 1 aromatic carbocycles. The van der Waals surface area contributed by atoms with Crippen molar-refractivity contribution in [2.75, 3.05) is 26.2 Å². The molecule has 2 heterocycles. The highest BCUT2D eigenvalue weighted by Gasteiger charge is 2.37. The van der Waals surface area contributed by atoms with Gasteiger partial charge in [-0.3, -0.25) is 4.98 Å². The van der Waals surface area contributed by atoms with Crippen molar-refractivity contribution in [1.29, 1.82) is 0 Å². The van der Waals surface area contributed by atoms with E-state index in [4.69, 9.17) is 0 Å². The summed E-state index contributed by atoms with van der Waals surface area (Å²) in [6.07, 6.45) is -2.05. The number of halogens is 3. The summed E-state index contributed by atoms with van der Waals surface area (Å²) in [6.45, 7) is 0.679. The third-order valence-corrected chi connectivity index (χ3v) is 8.40. The Balaban J connectivity index is 1.80. The van der Waals surface area contributed by atoms with Crippen LogP contribution in [0, 0.1) is 6.92 Å². The first-order valence-corrected chi connectivity index (χ1v) is 11.4. The number of nitrogens with zero attached hydrogens (tertiary/aromatic N) is 3. The van der Waals surface area contributed by atoms with Crippen LogP contribution in [-0.2, 0) is 26.2 Å². The van der Waals surface area contributed by atoms with E-state index < -0.39 is 36.7 Å².